The first kappa shape index (κ1) is 66.5. The molecule has 0 aliphatic rings. The molecule has 0 fully saturated rings. The minimum atomic E-state index is -1.62. The summed E-state index contributed by atoms with van der Waals surface area (Å²) in [7, 11) is 5.91. The summed E-state index contributed by atoms with van der Waals surface area (Å²) in [4.78, 5) is 37.2. The number of rotatable bonds is 51. The Morgan fingerprint density at radius 2 is 0.814 bits per heavy atom. The highest BCUT2D eigenvalue weighted by molar-refractivity contribution is 5.70. The zero-order valence-electron chi connectivity index (χ0n) is 45.6. The van der Waals surface area contributed by atoms with Crippen molar-refractivity contribution in [3.05, 3.63) is 85.1 Å². The van der Waals surface area contributed by atoms with Crippen LogP contribution in [0.4, 0.5) is 0 Å². The van der Waals surface area contributed by atoms with E-state index in [0.717, 1.165) is 89.9 Å². The number of unbranched alkanes of at least 4 members (excludes halogenated alkanes) is 22. The summed E-state index contributed by atoms with van der Waals surface area (Å²) in [6, 6.07) is 0. The minimum absolute atomic E-state index is 0.144. The van der Waals surface area contributed by atoms with Crippen molar-refractivity contribution in [3.8, 4) is 0 Å². The van der Waals surface area contributed by atoms with Gasteiger partial charge >= 0.3 is 11.9 Å². The van der Waals surface area contributed by atoms with Gasteiger partial charge in [0.05, 0.1) is 40.3 Å². The van der Waals surface area contributed by atoms with Crippen LogP contribution in [-0.4, -0.2) is 82.3 Å². The molecule has 70 heavy (non-hydrogen) atoms. The number of aliphatic carboxylic acids is 1. The van der Waals surface area contributed by atoms with Gasteiger partial charge in [0.2, 0.25) is 0 Å². The van der Waals surface area contributed by atoms with Gasteiger partial charge in [-0.3, -0.25) is 9.59 Å². The minimum Gasteiger partial charge on any atom is -0.545 e. The van der Waals surface area contributed by atoms with Crippen LogP contribution in [-0.2, 0) is 33.3 Å². The fraction of sp³-hybridized carbons (Fsp3) is 0.721. The van der Waals surface area contributed by atoms with Crippen LogP contribution in [0.1, 0.15) is 226 Å². The van der Waals surface area contributed by atoms with Crippen molar-refractivity contribution < 1.29 is 42.9 Å². The number of carboxylic acid groups (broad SMARTS) is 1. The van der Waals surface area contributed by atoms with E-state index in [9.17, 15) is 19.5 Å². The predicted molar refractivity (Wildman–Crippen MR) is 292 cm³/mol. The summed E-state index contributed by atoms with van der Waals surface area (Å²) in [5, 5.41) is 11.8. The van der Waals surface area contributed by atoms with Gasteiger partial charge in [-0.15, -0.1) is 0 Å². The molecule has 0 saturated carbocycles. The zero-order chi connectivity index (χ0) is 51.3. The van der Waals surface area contributed by atoms with Crippen molar-refractivity contribution in [1.82, 2.24) is 0 Å². The van der Waals surface area contributed by atoms with Crippen LogP contribution in [0.15, 0.2) is 85.1 Å². The summed E-state index contributed by atoms with van der Waals surface area (Å²) in [6.07, 6.45) is 64.8. The van der Waals surface area contributed by atoms with E-state index >= 15 is 0 Å². The van der Waals surface area contributed by atoms with Gasteiger partial charge in [0, 0.05) is 12.8 Å². The number of carbonyl (C=O) groups excluding carboxylic acids is 3. The lowest BCUT2D eigenvalue weighted by atomic mass is 10.0. The van der Waals surface area contributed by atoms with Gasteiger partial charge < -0.3 is 33.3 Å². The molecule has 0 aromatic carbocycles. The maximum absolute atomic E-state index is 12.8. The Hall–Kier alpha value is -3.53. The highest BCUT2D eigenvalue weighted by atomic mass is 16.7. The van der Waals surface area contributed by atoms with Crippen LogP contribution in [0, 0.1) is 0 Å². The topological polar surface area (TPSA) is 111 Å². The molecule has 0 heterocycles. The van der Waals surface area contributed by atoms with E-state index in [-0.39, 0.29) is 32.2 Å². The Balaban J connectivity index is 4.24. The molecule has 0 aliphatic heterocycles. The number of hydrogen-bond donors (Lipinski definition) is 0. The number of hydrogen-bond acceptors (Lipinski definition) is 8. The van der Waals surface area contributed by atoms with Gasteiger partial charge in [-0.25, -0.2) is 0 Å². The highest BCUT2D eigenvalue weighted by Gasteiger charge is 2.22. The monoisotopic (exact) mass is 980 g/mol. The molecule has 0 radical (unpaired) electrons. The smallest absolute Gasteiger partial charge is 0.306 e. The average molecular weight is 981 g/mol. The number of nitrogens with zero attached hydrogens (tertiary/aromatic N) is 1. The van der Waals surface area contributed by atoms with E-state index in [0.29, 0.717) is 23.9 Å². The average Bonchev–Trinajstić information content (AvgIpc) is 3.33. The molecule has 0 aromatic rings. The van der Waals surface area contributed by atoms with E-state index in [1.54, 1.807) is 0 Å². The van der Waals surface area contributed by atoms with Gasteiger partial charge in [0.15, 0.2) is 12.4 Å². The van der Waals surface area contributed by atoms with Gasteiger partial charge in [-0.05, 0) is 70.6 Å². The summed E-state index contributed by atoms with van der Waals surface area (Å²) in [6.45, 7) is 4.63. The quantitative estimate of drug-likeness (QED) is 0.0195. The third-order valence-corrected chi connectivity index (χ3v) is 11.9. The summed E-state index contributed by atoms with van der Waals surface area (Å²) >= 11 is 0. The van der Waals surface area contributed by atoms with E-state index in [2.05, 4.69) is 98.9 Å². The van der Waals surface area contributed by atoms with Gasteiger partial charge in [0.25, 0.3) is 0 Å². The summed E-state index contributed by atoms with van der Waals surface area (Å²) in [5.41, 5.74) is 0. The van der Waals surface area contributed by atoms with E-state index in [1.165, 1.54) is 103 Å². The van der Waals surface area contributed by atoms with Crippen LogP contribution in [0.2, 0.25) is 0 Å². The molecule has 0 aliphatic carbocycles. The number of quaternary nitrogens is 1. The third kappa shape index (κ3) is 52.3. The number of esters is 2. The maximum Gasteiger partial charge on any atom is 0.306 e. The molecule has 0 bridgehead atoms. The first-order chi connectivity index (χ1) is 34.1. The SMILES string of the molecule is CC/C=C\C/C=C\C/C=C\C/C=C\C/C=C\C/C=C\C/C=C\CCCCCCCCCCCC(=O)OC(COC(=O)CCCCCCCCCCCCCCCC)COC(OCC[N+](C)(C)C)C(=O)[O-]. The number of carbonyl (C=O) groups is 3. The number of likely N-dealkylation sites (N-methyl/N-ethyl adjacent to an activating group) is 1. The second kappa shape index (κ2) is 51.8. The molecule has 9 nitrogen and oxygen atoms in total. The van der Waals surface area contributed by atoms with Crippen molar-refractivity contribution >= 4 is 17.9 Å². The Kier molecular flexibility index (Phi) is 49.2. The fourth-order valence-electron chi connectivity index (χ4n) is 7.58. The summed E-state index contributed by atoms with van der Waals surface area (Å²) < 4.78 is 22.7. The lowest BCUT2D eigenvalue weighted by molar-refractivity contribution is -0.870. The van der Waals surface area contributed by atoms with Crippen LogP contribution >= 0.6 is 0 Å². The molecule has 2 unspecified atom stereocenters. The molecular formula is C61H105NO8. The van der Waals surface area contributed by atoms with Crippen LogP contribution in [0.25, 0.3) is 0 Å². The van der Waals surface area contributed by atoms with E-state index in [4.69, 9.17) is 18.9 Å². The number of allylic oxidation sites excluding steroid dienone is 14. The van der Waals surface area contributed by atoms with Gasteiger partial charge in [-0.2, -0.15) is 0 Å². The van der Waals surface area contributed by atoms with Crippen molar-refractivity contribution in [2.75, 3.05) is 47.5 Å². The maximum atomic E-state index is 12.8. The third-order valence-electron chi connectivity index (χ3n) is 11.9. The molecule has 0 N–H and O–H groups in total. The highest BCUT2D eigenvalue weighted by Crippen LogP contribution is 2.15. The molecule has 0 aromatic heterocycles. The molecular weight excluding hydrogens is 875 g/mol. The fourth-order valence-corrected chi connectivity index (χ4v) is 7.58. The Morgan fingerprint density at radius 3 is 1.21 bits per heavy atom. The standard InChI is InChI=1S/C61H105NO8/c1-6-8-10-12-14-16-18-20-22-23-24-25-26-27-28-29-30-31-32-33-34-35-36-37-38-40-42-44-46-48-50-52-59(64)70-57(56-69-61(60(65)66)67-54-53-62(3,4)5)55-68-58(63)51-49-47-45-43-41-39-21-19-17-15-13-11-9-7-2/h8,10,14,16,20,22,24-25,27-28,30-31,33-34,57,61H,6-7,9,11-13,15,17-19,21,23,26,29,32,35-56H2,1-5H3/b10-8-,16-14-,22-20-,25-24-,28-27-,31-30-,34-33-. The lowest BCUT2D eigenvalue weighted by Gasteiger charge is -2.26. The summed E-state index contributed by atoms with van der Waals surface area (Å²) in [5.74, 6) is -2.29. The first-order valence-electron chi connectivity index (χ1n) is 28.2. The molecule has 0 saturated heterocycles. The Morgan fingerprint density at radius 1 is 0.443 bits per heavy atom. The normalized spacial score (nSPS) is 13.4. The van der Waals surface area contributed by atoms with Gasteiger partial charge in [-0.1, -0.05) is 227 Å². The van der Waals surface area contributed by atoms with Crippen molar-refractivity contribution in [2.24, 2.45) is 0 Å². The molecule has 0 rings (SSSR count). The Bertz CT molecular complexity index is 1420. The molecule has 402 valence electrons. The lowest BCUT2D eigenvalue weighted by Crippen LogP contribution is -2.44. The first-order valence-corrected chi connectivity index (χ1v) is 28.2. The van der Waals surface area contributed by atoms with Crippen LogP contribution in [0.5, 0.6) is 0 Å². The molecule has 9 heteroatoms. The van der Waals surface area contributed by atoms with Crippen molar-refractivity contribution in [1.29, 1.82) is 0 Å². The predicted octanol–water partition coefficient (Wildman–Crippen LogP) is 15.1. The van der Waals surface area contributed by atoms with Crippen LogP contribution in [0.3, 0.4) is 0 Å². The van der Waals surface area contributed by atoms with E-state index in [1.807, 2.05) is 21.1 Å². The molecule has 0 amide bonds. The van der Waals surface area contributed by atoms with Crippen molar-refractivity contribution in [2.45, 2.75) is 238 Å². The van der Waals surface area contributed by atoms with Gasteiger partial charge in [0.1, 0.15) is 13.2 Å². The number of ether oxygens (including phenoxy) is 4. The van der Waals surface area contributed by atoms with Crippen LogP contribution < -0.4 is 5.11 Å². The largest absolute Gasteiger partial charge is 0.545 e. The second-order valence-electron chi connectivity index (χ2n) is 19.9. The number of carboxylic acids is 1. The zero-order valence-corrected chi connectivity index (χ0v) is 45.6. The van der Waals surface area contributed by atoms with E-state index < -0.39 is 24.3 Å². The molecule has 2 atom stereocenters. The Labute approximate surface area is 430 Å². The molecule has 0 spiro atoms. The van der Waals surface area contributed by atoms with Crippen molar-refractivity contribution in [3.63, 3.8) is 0 Å². The second-order valence-corrected chi connectivity index (χ2v) is 19.9.